The van der Waals surface area contributed by atoms with Gasteiger partial charge in [-0.3, -0.25) is 0 Å². The maximum atomic E-state index is 3.89. The van der Waals surface area contributed by atoms with Crippen LogP contribution < -0.4 is 4.90 Å². The van der Waals surface area contributed by atoms with E-state index in [4.69, 9.17) is 0 Å². The molecule has 1 heterocycles. The Balaban J connectivity index is 1.18. The number of hydrogen-bond acceptors (Lipinski definition) is 1. The van der Waals surface area contributed by atoms with Crippen molar-refractivity contribution < 1.29 is 0 Å². The largest absolute Gasteiger partial charge is 0.313 e. The Kier molecular flexibility index (Phi) is 11.8. The lowest BCUT2D eigenvalue weighted by atomic mass is 9.87. The molecular weight excluding hydrogens is 833 g/mol. The van der Waals surface area contributed by atoms with E-state index in [0.717, 1.165) is 67.2 Å². The Morgan fingerprint density at radius 2 is 0.884 bits per heavy atom. The summed E-state index contributed by atoms with van der Waals surface area (Å²) in [7, 11) is 0. The number of hydrogen-bond donors (Lipinski definition) is 0. The van der Waals surface area contributed by atoms with Crippen LogP contribution in [0.25, 0.3) is 94.3 Å². The molecule has 0 saturated carbocycles. The van der Waals surface area contributed by atoms with E-state index in [2.05, 4.69) is 284 Å². The Bertz CT molecular complexity index is 3670. The molecule has 0 aliphatic carbocycles. The molecule has 0 unspecified atom stereocenters. The van der Waals surface area contributed by atoms with Gasteiger partial charge in [-0.2, -0.15) is 0 Å². The lowest BCUT2D eigenvalue weighted by molar-refractivity contribution is 1.20. The summed E-state index contributed by atoms with van der Waals surface area (Å²) in [5.41, 5.74) is 20.6. The molecule has 0 amide bonds. The van der Waals surface area contributed by atoms with Crippen LogP contribution in [-0.4, -0.2) is 4.57 Å². The highest BCUT2D eigenvalue weighted by molar-refractivity contribution is 6.16. The van der Waals surface area contributed by atoms with Crippen LogP contribution in [0, 0.1) is 0 Å². The second kappa shape index (κ2) is 19.1. The highest BCUT2D eigenvalue weighted by Gasteiger charge is 2.25. The summed E-state index contributed by atoms with van der Waals surface area (Å²) < 4.78 is 2.38. The molecule has 0 saturated heterocycles. The molecule has 0 radical (unpaired) electrons. The number of fused-ring (bicyclic) bond motifs is 3. The van der Waals surface area contributed by atoms with Crippen LogP contribution in [0.4, 0.5) is 17.1 Å². The number of rotatable bonds is 12. The van der Waals surface area contributed by atoms with Crippen molar-refractivity contribution in [1.29, 1.82) is 0 Å². The smallest absolute Gasteiger partial charge is 0.0546 e. The molecule has 0 atom stereocenters. The molecule has 0 N–H and O–H groups in total. The van der Waals surface area contributed by atoms with Crippen LogP contribution >= 0.6 is 0 Å². The predicted octanol–water partition coefficient (Wildman–Crippen LogP) is 18.9. The summed E-state index contributed by atoms with van der Waals surface area (Å²) in [6.07, 6.45) is 7.99. The van der Waals surface area contributed by atoms with E-state index in [9.17, 15) is 0 Å². The van der Waals surface area contributed by atoms with Gasteiger partial charge in [0.2, 0.25) is 0 Å². The Hall–Kier alpha value is -8.98. The maximum absolute atomic E-state index is 3.89. The number of anilines is 3. The molecule has 328 valence electrons. The van der Waals surface area contributed by atoms with Gasteiger partial charge in [-0.15, -0.1) is 0 Å². The highest BCUT2D eigenvalue weighted by atomic mass is 15.1. The van der Waals surface area contributed by atoms with E-state index in [-0.39, 0.29) is 0 Å². The van der Waals surface area contributed by atoms with E-state index >= 15 is 0 Å². The number of allylic oxidation sites excluding steroid dienone is 5. The van der Waals surface area contributed by atoms with Gasteiger partial charge in [0.15, 0.2) is 0 Å². The van der Waals surface area contributed by atoms with Crippen LogP contribution in [0.3, 0.4) is 0 Å². The van der Waals surface area contributed by atoms with Gasteiger partial charge in [0, 0.05) is 33.3 Å². The Labute approximate surface area is 405 Å². The van der Waals surface area contributed by atoms with Crippen LogP contribution in [0.1, 0.15) is 6.92 Å². The SMILES string of the molecule is C=C/C=C\C=C(/C)n1c2ccccc2c2c(-c3cccc(N(c4ccccc4-c4ccc(-c5ccccc5)cc4)c4cccc(-c5ccccc5)c4-c4ccccc4-c4ccccc4)c3)cccc21. The van der Waals surface area contributed by atoms with Gasteiger partial charge in [0.05, 0.1) is 22.4 Å². The van der Waals surface area contributed by atoms with Crippen molar-refractivity contribution in [3.63, 3.8) is 0 Å². The highest BCUT2D eigenvalue weighted by Crippen LogP contribution is 2.50. The van der Waals surface area contributed by atoms with Crippen LogP contribution in [0.2, 0.25) is 0 Å². The van der Waals surface area contributed by atoms with Crippen LogP contribution in [0.15, 0.2) is 280 Å². The van der Waals surface area contributed by atoms with Gasteiger partial charge in [-0.25, -0.2) is 0 Å². The molecule has 0 aliphatic heterocycles. The van der Waals surface area contributed by atoms with Crippen molar-refractivity contribution in [1.82, 2.24) is 4.57 Å². The van der Waals surface area contributed by atoms with Gasteiger partial charge in [-0.1, -0.05) is 237 Å². The summed E-state index contributed by atoms with van der Waals surface area (Å²) in [5.74, 6) is 0. The first-order valence-corrected chi connectivity index (χ1v) is 23.6. The topological polar surface area (TPSA) is 8.17 Å². The fourth-order valence-corrected chi connectivity index (χ4v) is 10.0. The molecule has 2 heteroatoms. The first-order valence-electron chi connectivity index (χ1n) is 23.6. The van der Waals surface area contributed by atoms with Gasteiger partial charge in [0.25, 0.3) is 0 Å². The summed E-state index contributed by atoms with van der Waals surface area (Å²) in [6.45, 7) is 6.06. The molecule has 2 nitrogen and oxygen atoms in total. The molecule has 1 aromatic heterocycles. The van der Waals surface area contributed by atoms with Crippen molar-refractivity contribution in [3.8, 4) is 66.8 Å². The molecule has 0 spiro atoms. The molecule has 10 aromatic carbocycles. The van der Waals surface area contributed by atoms with E-state index in [1.54, 1.807) is 0 Å². The quantitative estimate of drug-likeness (QED) is 0.111. The van der Waals surface area contributed by atoms with Gasteiger partial charge in [0.1, 0.15) is 0 Å². The zero-order valence-corrected chi connectivity index (χ0v) is 38.6. The Morgan fingerprint density at radius 1 is 0.391 bits per heavy atom. The molecule has 0 bridgehead atoms. The van der Waals surface area contributed by atoms with Crippen LogP contribution in [0.5, 0.6) is 0 Å². The van der Waals surface area contributed by atoms with Gasteiger partial charge >= 0.3 is 0 Å². The van der Waals surface area contributed by atoms with E-state index in [0.29, 0.717) is 0 Å². The first kappa shape index (κ1) is 42.6. The second-order valence-electron chi connectivity index (χ2n) is 17.3. The Morgan fingerprint density at radius 3 is 1.62 bits per heavy atom. The zero-order chi connectivity index (χ0) is 46.5. The molecule has 69 heavy (non-hydrogen) atoms. The number of aromatic nitrogens is 1. The fraction of sp³-hybridized carbons (Fsp3) is 0.0149. The minimum Gasteiger partial charge on any atom is -0.313 e. The van der Waals surface area contributed by atoms with Crippen molar-refractivity contribution in [2.24, 2.45) is 0 Å². The van der Waals surface area contributed by atoms with E-state index < -0.39 is 0 Å². The third kappa shape index (κ3) is 8.20. The molecule has 11 rings (SSSR count). The number of nitrogens with zero attached hydrogens (tertiary/aromatic N) is 2. The lowest BCUT2D eigenvalue weighted by Crippen LogP contribution is -2.13. The van der Waals surface area contributed by atoms with Crippen molar-refractivity contribution in [3.05, 3.63) is 280 Å². The molecule has 11 aromatic rings. The fourth-order valence-electron chi connectivity index (χ4n) is 10.0. The first-order chi connectivity index (χ1) is 34.2. The van der Waals surface area contributed by atoms with Gasteiger partial charge < -0.3 is 9.47 Å². The zero-order valence-electron chi connectivity index (χ0n) is 38.6. The van der Waals surface area contributed by atoms with Gasteiger partial charge in [-0.05, 0) is 105 Å². The minimum absolute atomic E-state index is 1.05. The predicted molar refractivity (Wildman–Crippen MR) is 296 cm³/mol. The third-order valence-electron chi connectivity index (χ3n) is 13.1. The maximum Gasteiger partial charge on any atom is 0.0546 e. The van der Waals surface area contributed by atoms with Crippen LogP contribution in [-0.2, 0) is 0 Å². The average Bonchev–Trinajstić information content (AvgIpc) is 3.77. The minimum atomic E-state index is 1.05. The van der Waals surface area contributed by atoms with Crippen molar-refractivity contribution in [2.75, 3.05) is 4.90 Å². The average molecular weight is 883 g/mol. The lowest BCUT2D eigenvalue weighted by Gasteiger charge is -2.32. The normalized spacial score (nSPS) is 11.6. The number of para-hydroxylation sites is 2. The summed E-state index contributed by atoms with van der Waals surface area (Å²) in [4.78, 5) is 2.50. The number of benzene rings is 10. The molecule has 0 aliphatic rings. The van der Waals surface area contributed by atoms with E-state index in [1.165, 1.54) is 44.1 Å². The standard InChI is InChI=1S/C67H50N2/c1-3-4-8-24-48(2)68-63-40-20-18-36-61(63)67-59(38-23-41-64(67)68)54-31-21-32-55(47-54)69(62-39-19-17-34-57(62)53-45-43-50(44-46-53)49-25-9-5-10-26-49)65-42-22-37-58(52-29-13-7-14-30-52)66(65)60-35-16-15-33-56(60)51-27-11-6-12-28-51/h3-47H,1H2,2H3/b8-4-,48-24+. The van der Waals surface area contributed by atoms with Crippen molar-refractivity contribution >= 4 is 44.6 Å². The van der Waals surface area contributed by atoms with Crippen molar-refractivity contribution in [2.45, 2.75) is 6.92 Å². The second-order valence-corrected chi connectivity index (χ2v) is 17.3. The van der Waals surface area contributed by atoms with E-state index in [1.807, 2.05) is 12.2 Å². The molecular formula is C67H50N2. The monoisotopic (exact) mass is 882 g/mol. The summed E-state index contributed by atoms with van der Waals surface area (Å²) >= 11 is 0. The summed E-state index contributed by atoms with van der Waals surface area (Å²) in [6, 6.07) is 90.4. The molecule has 0 fully saturated rings. The summed E-state index contributed by atoms with van der Waals surface area (Å²) in [5, 5.41) is 2.44. The third-order valence-corrected chi connectivity index (χ3v) is 13.1.